The van der Waals surface area contributed by atoms with Crippen LogP contribution in [0.1, 0.15) is 10.4 Å². The van der Waals surface area contributed by atoms with E-state index in [4.69, 9.17) is 10.5 Å². The molecule has 0 atom stereocenters. The number of benzene rings is 1. The topological polar surface area (TPSA) is 52.3 Å². The zero-order valence-corrected chi connectivity index (χ0v) is 8.09. The van der Waals surface area contributed by atoms with Gasteiger partial charge in [0.2, 0.25) is 5.91 Å². The number of nitrogens with two attached hydrogens (primary N) is 1. The number of rotatable bonds is 2. The fraction of sp³-hybridized carbons (Fsp3) is 0.125. The van der Waals surface area contributed by atoms with Crippen LogP contribution in [0.5, 0.6) is 5.75 Å². The lowest BCUT2D eigenvalue weighted by Crippen LogP contribution is -2.10. The van der Waals surface area contributed by atoms with Crippen LogP contribution in [0.15, 0.2) is 22.7 Å². The van der Waals surface area contributed by atoms with Crippen molar-refractivity contribution in [2.75, 3.05) is 7.11 Å². The van der Waals surface area contributed by atoms with Crippen LogP contribution < -0.4 is 10.5 Å². The molecule has 0 heterocycles. The minimum Gasteiger partial charge on any atom is -0.497 e. The Morgan fingerprint density at radius 1 is 1.50 bits per heavy atom. The number of carbonyl (C=O) groups excluding carboxylic acids is 1. The van der Waals surface area contributed by atoms with Crippen molar-refractivity contribution in [2.24, 2.45) is 5.73 Å². The lowest BCUT2D eigenvalue weighted by Gasteiger charge is -2.02. The van der Waals surface area contributed by atoms with Gasteiger partial charge in [-0.1, -0.05) is 15.9 Å². The van der Waals surface area contributed by atoms with Crippen molar-refractivity contribution < 1.29 is 9.53 Å². The molecule has 2 N–H and O–H groups in total. The van der Waals surface area contributed by atoms with Crippen molar-refractivity contribution >= 4 is 21.8 Å². The summed E-state index contributed by atoms with van der Waals surface area (Å²) in [5.41, 5.74) is 5.52. The van der Waals surface area contributed by atoms with Crippen molar-refractivity contribution in [1.82, 2.24) is 0 Å². The lowest BCUT2D eigenvalue weighted by molar-refractivity contribution is 0.1000. The van der Waals surface area contributed by atoms with Gasteiger partial charge in [-0.25, -0.2) is 0 Å². The maximum absolute atomic E-state index is 10.8. The molecule has 0 fully saturated rings. The van der Waals surface area contributed by atoms with E-state index in [9.17, 15) is 4.79 Å². The summed E-state index contributed by atoms with van der Waals surface area (Å²) in [5, 5.41) is 0. The summed E-state index contributed by atoms with van der Waals surface area (Å²) in [4.78, 5) is 10.8. The zero-order chi connectivity index (χ0) is 9.14. The zero-order valence-electron chi connectivity index (χ0n) is 6.50. The fourth-order valence-electron chi connectivity index (χ4n) is 0.823. The fourth-order valence-corrected chi connectivity index (χ4v) is 1.30. The first-order chi connectivity index (χ1) is 5.63. The Balaban J connectivity index is 3.15. The molecule has 1 rings (SSSR count). The third kappa shape index (κ3) is 1.98. The minimum absolute atomic E-state index is 0.432. The summed E-state index contributed by atoms with van der Waals surface area (Å²) in [6.07, 6.45) is 0. The average molecular weight is 230 g/mol. The van der Waals surface area contributed by atoms with Crippen molar-refractivity contribution in [2.45, 2.75) is 0 Å². The molecule has 0 aliphatic carbocycles. The van der Waals surface area contributed by atoms with Crippen molar-refractivity contribution in [3.8, 4) is 5.75 Å². The van der Waals surface area contributed by atoms with Gasteiger partial charge in [-0.3, -0.25) is 4.79 Å². The van der Waals surface area contributed by atoms with Gasteiger partial charge in [0.15, 0.2) is 0 Å². The first-order valence-corrected chi connectivity index (χ1v) is 4.07. The first-order valence-electron chi connectivity index (χ1n) is 3.28. The Morgan fingerprint density at radius 3 is 2.67 bits per heavy atom. The molecular weight excluding hydrogens is 222 g/mol. The van der Waals surface area contributed by atoms with Gasteiger partial charge >= 0.3 is 0 Å². The summed E-state index contributed by atoms with van der Waals surface area (Å²) < 4.78 is 5.72. The monoisotopic (exact) mass is 229 g/mol. The highest BCUT2D eigenvalue weighted by molar-refractivity contribution is 9.10. The van der Waals surface area contributed by atoms with E-state index in [1.807, 2.05) is 0 Å². The highest BCUT2D eigenvalue weighted by Crippen LogP contribution is 2.20. The summed E-state index contributed by atoms with van der Waals surface area (Å²) >= 11 is 3.23. The second-order valence-corrected chi connectivity index (χ2v) is 3.16. The summed E-state index contributed by atoms with van der Waals surface area (Å²) in [6.45, 7) is 0. The molecule has 0 aromatic heterocycles. The largest absolute Gasteiger partial charge is 0.497 e. The average Bonchev–Trinajstić information content (AvgIpc) is 2.03. The number of hydrogen-bond acceptors (Lipinski definition) is 2. The molecule has 0 radical (unpaired) electrons. The predicted molar refractivity (Wildman–Crippen MR) is 49.2 cm³/mol. The van der Waals surface area contributed by atoms with Gasteiger partial charge in [-0.05, 0) is 18.2 Å². The maximum atomic E-state index is 10.8. The summed E-state index contributed by atoms with van der Waals surface area (Å²) in [7, 11) is 1.53. The molecule has 0 spiro atoms. The first kappa shape index (κ1) is 9.06. The number of primary amides is 1. The molecule has 0 saturated carbocycles. The van der Waals surface area contributed by atoms with Crippen LogP contribution in [-0.2, 0) is 0 Å². The van der Waals surface area contributed by atoms with Gasteiger partial charge in [0.05, 0.1) is 7.11 Å². The van der Waals surface area contributed by atoms with Crippen LogP contribution in [0, 0.1) is 0 Å². The molecule has 12 heavy (non-hydrogen) atoms. The molecule has 1 aromatic carbocycles. The second kappa shape index (κ2) is 3.58. The van der Waals surface area contributed by atoms with Gasteiger partial charge < -0.3 is 10.5 Å². The van der Waals surface area contributed by atoms with Gasteiger partial charge in [0.1, 0.15) is 5.75 Å². The highest BCUT2D eigenvalue weighted by atomic mass is 79.9. The van der Waals surface area contributed by atoms with E-state index < -0.39 is 5.91 Å². The summed E-state index contributed by atoms with van der Waals surface area (Å²) in [5.74, 6) is 0.146. The molecule has 0 aliphatic heterocycles. The minimum atomic E-state index is -0.463. The van der Waals surface area contributed by atoms with E-state index in [0.29, 0.717) is 11.3 Å². The number of amides is 1. The summed E-state index contributed by atoms with van der Waals surface area (Å²) in [6, 6.07) is 4.99. The quantitative estimate of drug-likeness (QED) is 0.837. The number of halogens is 1. The Kier molecular flexibility index (Phi) is 2.70. The molecule has 0 saturated heterocycles. The maximum Gasteiger partial charge on any atom is 0.248 e. The number of hydrogen-bond donors (Lipinski definition) is 1. The molecule has 64 valence electrons. The van der Waals surface area contributed by atoms with Gasteiger partial charge in [0, 0.05) is 10.0 Å². The van der Waals surface area contributed by atoms with E-state index in [-0.39, 0.29) is 0 Å². The predicted octanol–water partition coefficient (Wildman–Crippen LogP) is 1.56. The molecule has 1 amide bonds. The van der Waals surface area contributed by atoms with E-state index >= 15 is 0 Å². The number of ether oxygens (including phenoxy) is 1. The van der Waals surface area contributed by atoms with E-state index in [0.717, 1.165) is 4.47 Å². The Bertz CT molecular complexity index is 312. The smallest absolute Gasteiger partial charge is 0.248 e. The van der Waals surface area contributed by atoms with Crippen molar-refractivity contribution in [3.63, 3.8) is 0 Å². The number of carbonyl (C=O) groups is 1. The Hall–Kier alpha value is -1.03. The van der Waals surface area contributed by atoms with Crippen LogP contribution in [0.3, 0.4) is 0 Å². The van der Waals surface area contributed by atoms with Crippen LogP contribution in [0.4, 0.5) is 0 Å². The molecule has 0 unspecified atom stereocenters. The third-order valence-electron chi connectivity index (χ3n) is 1.39. The van der Waals surface area contributed by atoms with Crippen LogP contribution in [0.2, 0.25) is 0 Å². The Labute approximate surface area is 78.6 Å². The van der Waals surface area contributed by atoms with Gasteiger partial charge in [0.25, 0.3) is 0 Å². The molecule has 4 heteroatoms. The van der Waals surface area contributed by atoms with E-state index in [2.05, 4.69) is 15.9 Å². The standard InChI is InChI=1S/C8H8BrNO2/c1-12-7-3-5(8(10)11)2-6(9)4-7/h2-4H,1H3,(H2,10,11). The van der Waals surface area contributed by atoms with E-state index in [1.54, 1.807) is 18.2 Å². The van der Waals surface area contributed by atoms with Crippen LogP contribution >= 0.6 is 15.9 Å². The van der Waals surface area contributed by atoms with Crippen molar-refractivity contribution in [3.05, 3.63) is 28.2 Å². The molecule has 1 aromatic rings. The van der Waals surface area contributed by atoms with Crippen LogP contribution in [-0.4, -0.2) is 13.0 Å². The lowest BCUT2D eigenvalue weighted by atomic mass is 10.2. The van der Waals surface area contributed by atoms with Gasteiger partial charge in [-0.15, -0.1) is 0 Å². The molecule has 0 bridgehead atoms. The second-order valence-electron chi connectivity index (χ2n) is 2.24. The van der Waals surface area contributed by atoms with Crippen molar-refractivity contribution in [1.29, 1.82) is 0 Å². The molecular formula is C8H8BrNO2. The molecule has 0 aliphatic rings. The third-order valence-corrected chi connectivity index (χ3v) is 1.85. The normalized spacial score (nSPS) is 9.50. The Morgan fingerprint density at radius 2 is 2.17 bits per heavy atom. The number of methoxy groups -OCH3 is 1. The SMILES string of the molecule is COc1cc(Br)cc(C(N)=O)c1. The van der Waals surface area contributed by atoms with E-state index in [1.165, 1.54) is 7.11 Å². The highest BCUT2D eigenvalue weighted by Gasteiger charge is 2.03. The van der Waals surface area contributed by atoms with Crippen LogP contribution in [0.25, 0.3) is 0 Å². The van der Waals surface area contributed by atoms with Gasteiger partial charge in [-0.2, -0.15) is 0 Å². The molecule has 3 nitrogen and oxygen atoms in total.